The van der Waals surface area contributed by atoms with E-state index in [1.54, 1.807) is 16.4 Å². The van der Waals surface area contributed by atoms with E-state index in [0.29, 0.717) is 10.8 Å². The molecule has 0 radical (unpaired) electrons. The Morgan fingerprint density at radius 1 is 1.17 bits per heavy atom. The fraction of sp³-hybridized carbons (Fsp3) is 0.571. The van der Waals surface area contributed by atoms with E-state index < -0.39 is 10.0 Å². The Balaban J connectivity index is 1.93. The molecule has 1 saturated heterocycles. The van der Waals surface area contributed by atoms with Gasteiger partial charge in [-0.1, -0.05) is 24.1 Å². The Bertz CT molecular complexity index is 535. The van der Waals surface area contributed by atoms with Crippen LogP contribution in [0.4, 0.5) is 0 Å². The van der Waals surface area contributed by atoms with E-state index in [2.05, 4.69) is 0 Å². The van der Waals surface area contributed by atoms with Gasteiger partial charge in [0.05, 0.1) is 4.90 Å². The quantitative estimate of drug-likeness (QED) is 0.824. The molecule has 18 heavy (non-hydrogen) atoms. The second-order valence-corrected chi connectivity index (χ2v) is 7.46. The maximum atomic E-state index is 12.6. The van der Waals surface area contributed by atoms with Gasteiger partial charge in [-0.2, -0.15) is 4.31 Å². The summed E-state index contributed by atoms with van der Waals surface area (Å²) >= 11 is 0. The summed E-state index contributed by atoms with van der Waals surface area (Å²) in [6.07, 6.45) is 4.46. The highest BCUT2D eigenvalue weighted by Gasteiger charge is 2.41. The lowest BCUT2D eigenvalue weighted by molar-refractivity contribution is 0.356. The molecule has 3 nitrogen and oxygen atoms in total. The SMILES string of the molecule is Cc1ccc(S(=O)(=O)N2C[C@@H]3CCC[C@H]2C3)cc1. The Labute approximate surface area is 109 Å². The predicted molar refractivity (Wildman–Crippen MR) is 70.8 cm³/mol. The van der Waals surface area contributed by atoms with E-state index in [0.717, 1.165) is 24.9 Å². The number of aryl methyl sites for hydroxylation is 1. The molecule has 1 aromatic rings. The lowest BCUT2D eigenvalue weighted by Crippen LogP contribution is -2.35. The number of rotatable bonds is 2. The zero-order chi connectivity index (χ0) is 12.8. The van der Waals surface area contributed by atoms with Gasteiger partial charge in [0.15, 0.2) is 0 Å². The molecule has 2 aliphatic rings. The molecule has 2 bridgehead atoms. The van der Waals surface area contributed by atoms with Crippen molar-refractivity contribution in [3.05, 3.63) is 29.8 Å². The van der Waals surface area contributed by atoms with Gasteiger partial charge in [-0.3, -0.25) is 0 Å². The van der Waals surface area contributed by atoms with Crippen LogP contribution in [0.1, 0.15) is 31.2 Å². The summed E-state index contributed by atoms with van der Waals surface area (Å²) < 4.78 is 27.0. The van der Waals surface area contributed by atoms with Crippen LogP contribution in [0, 0.1) is 12.8 Å². The molecule has 1 aromatic carbocycles. The van der Waals surface area contributed by atoms with Gasteiger partial charge >= 0.3 is 0 Å². The third kappa shape index (κ3) is 1.97. The van der Waals surface area contributed by atoms with Crippen LogP contribution in [0.25, 0.3) is 0 Å². The molecule has 2 atom stereocenters. The van der Waals surface area contributed by atoms with Crippen molar-refractivity contribution in [2.45, 2.75) is 43.5 Å². The van der Waals surface area contributed by atoms with Crippen molar-refractivity contribution in [3.8, 4) is 0 Å². The molecule has 98 valence electrons. The molecule has 1 heterocycles. The predicted octanol–water partition coefficient (Wildman–Crippen LogP) is 2.56. The van der Waals surface area contributed by atoms with Crippen molar-refractivity contribution in [1.82, 2.24) is 4.31 Å². The molecule has 0 spiro atoms. The first-order valence-corrected chi connectivity index (χ1v) is 8.10. The molecular formula is C14H19NO2S. The molecule has 3 rings (SSSR count). The first-order valence-electron chi connectivity index (χ1n) is 6.66. The lowest BCUT2D eigenvalue weighted by atomic mass is 9.91. The van der Waals surface area contributed by atoms with Gasteiger partial charge in [-0.25, -0.2) is 8.42 Å². The van der Waals surface area contributed by atoms with Gasteiger partial charge in [0.1, 0.15) is 0 Å². The summed E-state index contributed by atoms with van der Waals surface area (Å²) in [5.74, 6) is 0.587. The second kappa shape index (κ2) is 4.35. The summed E-state index contributed by atoms with van der Waals surface area (Å²) in [6, 6.07) is 7.44. The second-order valence-electron chi connectivity index (χ2n) is 5.57. The zero-order valence-electron chi connectivity index (χ0n) is 10.7. The van der Waals surface area contributed by atoms with Crippen molar-refractivity contribution < 1.29 is 8.42 Å². The van der Waals surface area contributed by atoms with Crippen LogP contribution in [0.3, 0.4) is 0 Å². The first-order chi connectivity index (χ1) is 8.57. The Morgan fingerprint density at radius 2 is 1.89 bits per heavy atom. The maximum absolute atomic E-state index is 12.6. The summed E-state index contributed by atoms with van der Waals surface area (Å²) in [6.45, 7) is 2.69. The Hall–Kier alpha value is -0.870. The van der Waals surface area contributed by atoms with E-state index >= 15 is 0 Å². The molecule has 4 heteroatoms. The van der Waals surface area contributed by atoms with Gasteiger partial charge in [0.2, 0.25) is 10.0 Å². The monoisotopic (exact) mass is 265 g/mol. The largest absolute Gasteiger partial charge is 0.243 e. The summed E-state index contributed by atoms with van der Waals surface area (Å²) in [5.41, 5.74) is 1.09. The molecule has 0 unspecified atom stereocenters. The van der Waals surface area contributed by atoms with Crippen molar-refractivity contribution in [2.24, 2.45) is 5.92 Å². The highest BCUT2D eigenvalue weighted by Crippen LogP contribution is 2.38. The molecule has 1 saturated carbocycles. The Morgan fingerprint density at radius 3 is 2.56 bits per heavy atom. The minimum absolute atomic E-state index is 0.245. The van der Waals surface area contributed by atoms with E-state index in [1.165, 1.54) is 12.8 Å². The molecule has 2 fully saturated rings. The minimum atomic E-state index is -3.28. The van der Waals surface area contributed by atoms with E-state index in [4.69, 9.17) is 0 Å². The van der Waals surface area contributed by atoms with E-state index in [9.17, 15) is 8.42 Å². The fourth-order valence-electron chi connectivity index (χ4n) is 3.23. The highest BCUT2D eigenvalue weighted by molar-refractivity contribution is 7.89. The summed E-state index contributed by atoms with van der Waals surface area (Å²) in [7, 11) is -3.28. The topological polar surface area (TPSA) is 37.4 Å². The van der Waals surface area contributed by atoms with Crippen LogP contribution in [0.15, 0.2) is 29.2 Å². The Kier molecular flexibility index (Phi) is 2.94. The number of fused-ring (bicyclic) bond motifs is 2. The third-order valence-electron chi connectivity index (χ3n) is 4.23. The van der Waals surface area contributed by atoms with Crippen molar-refractivity contribution >= 4 is 10.0 Å². The molecular weight excluding hydrogens is 246 g/mol. The van der Waals surface area contributed by atoms with Crippen LogP contribution in [-0.2, 0) is 10.0 Å². The highest BCUT2D eigenvalue weighted by atomic mass is 32.2. The fourth-order valence-corrected chi connectivity index (χ4v) is 4.98. The van der Waals surface area contributed by atoms with Crippen molar-refractivity contribution in [2.75, 3.05) is 6.54 Å². The zero-order valence-corrected chi connectivity index (χ0v) is 11.5. The van der Waals surface area contributed by atoms with Gasteiger partial charge in [0, 0.05) is 12.6 Å². The average molecular weight is 265 g/mol. The standard InChI is InChI=1S/C14H19NO2S/c1-11-5-7-14(8-6-11)18(16,17)15-10-12-3-2-4-13(15)9-12/h5-8,12-13H,2-4,9-10H2,1H3/t12-,13+/m1/s1. The molecule has 1 aliphatic carbocycles. The molecule has 0 aromatic heterocycles. The molecule has 0 amide bonds. The van der Waals surface area contributed by atoms with Gasteiger partial charge < -0.3 is 0 Å². The minimum Gasteiger partial charge on any atom is -0.207 e. The van der Waals surface area contributed by atoms with Gasteiger partial charge in [-0.05, 0) is 44.2 Å². The van der Waals surface area contributed by atoms with E-state index in [-0.39, 0.29) is 6.04 Å². The number of hydrogen-bond acceptors (Lipinski definition) is 2. The number of benzene rings is 1. The number of nitrogens with zero attached hydrogens (tertiary/aromatic N) is 1. The van der Waals surface area contributed by atoms with Gasteiger partial charge in [-0.15, -0.1) is 0 Å². The number of hydrogen-bond donors (Lipinski definition) is 0. The molecule has 1 aliphatic heterocycles. The van der Waals surface area contributed by atoms with Crippen LogP contribution in [0.2, 0.25) is 0 Å². The average Bonchev–Trinajstić information content (AvgIpc) is 2.65. The van der Waals surface area contributed by atoms with Gasteiger partial charge in [0.25, 0.3) is 0 Å². The summed E-state index contributed by atoms with van der Waals surface area (Å²) in [4.78, 5) is 0.445. The first kappa shape index (κ1) is 12.2. The normalized spacial score (nSPS) is 28.5. The van der Waals surface area contributed by atoms with Crippen LogP contribution >= 0.6 is 0 Å². The smallest absolute Gasteiger partial charge is 0.207 e. The molecule has 0 N–H and O–H groups in total. The van der Waals surface area contributed by atoms with Crippen LogP contribution < -0.4 is 0 Å². The third-order valence-corrected chi connectivity index (χ3v) is 6.16. The maximum Gasteiger partial charge on any atom is 0.243 e. The van der Waals surface area contributed by atoms with Crippen LogP contribution in [-0.4, -0.2) is 25.3 Å². The van der Waals surface area contributed by atoms with Crippen LogP contribution in [0.5, 0.6) is 0 Å². The number of sulfonamides is 1. The summed E-state index contributed by atoms with van der Waals surface area (Å²) in [5, 5.41) is 0. The lowest BCUT2D eigenvalue weighted by Gasteiger charge is -2.24. The van der Waals surface area contributed by atoms with E-state index in [1.807, 2.05) is 19.1 Å². The van der Waals surface area contributed by atoms with Crippen molar-refractivity contribution in [1.29, 1.82) is 0 Å². The van der Waals surface area contributed by atoms with Crippen molar-refractivity contribution in [3.63, 3.8) is 0 Å².